The SMILES string of the molecule is C[C@@]12CCC(=O)C=C1[C@H](O)CC[C@H]2OS(C)(=O)=O. The molecule has 0 amide bonds. The fourth-order valence-corrected chi connectivity index (χ4v) is 3.64. The highest BCUT2D eigenvalue weighted by atomic mass is 32.2. The molecule has 2 rings (SSSR count). The lowest BCUT2D eigenvalue weighted by Crippen LogP contribution is -2.47. The summed E-state index contributed by atoms with van der Waals surface area (Å²) in [4.78, 5) is 11.5. The van der Waals surface area contributed by atoms with E-state index >= 15 is 0 Å². The Kier molecular flexibility index (Phi) is 3.38. The van der Waals surface area contributed by atoms with Gasteiger partial charge in [0.25, 0.3) is 10.1 Å². The van der Waals surface area contributed by atoms with Crippen LogP contribution in [0.1, 0.15) is 32.6 Å². The van der Waals surface area contributed by atoms with Crippen LogP contribution in [-0.4, -0.2) is 37.8 Å². The van der Waals surface area contributed by atoms with Crippen molar-refractivity contribution in [3.05, 3.63) is 11.6 Å². The zero-order valence-corrected chi connectivity index (χ0v) is 11.4. The van der Waals surface area contributed by atoms with E-state index in [0.717, 1.165) is 6.26 Å². The third-order valence-corrected chi connectivity index (χ3v) is 4.51. The highest BCUT2D eigenvalue weighted by Crippen LogP contribution is 2.48. The summed E-state index contributed by atoms with van der Waals surface area (Å²) in [5.41, 5.74) is 0.0629. The zero-order chi connectivity index (χ0) is 13.6. The van der Waals surface area contributed by atoms with Crippen molar-refractivity contribution in [2.75, 3.05) is 6.26 Å². The van der Waals surface area contributed by atoms with Gasteiger partial charge in [-0.3, -0.25) is 8.98 Å². The quantitative estimate of drug-likeness (QED) is 0.753. The Hall–Kier alpha value is -0.720. The Morgan fingerprint density at radius 3 is 2.72 bits per heavy atom. The summed E-state index contributed by atoms with van der Waals surface area (Å²) in [7, 11) is -3.54. The van der Waals surface area contributed by atoms with E-state index in [1.54, 1.807) is 0 Å². The molecule has 0 bridgehead atoms. The molecule has 3 atom stereocenters. The number of hydrogen-bond donors (Lipinski definition) is 1. The maximum Gasteiger partial charge on any atom is 0.264 e. The molecule has 0 aliphatic heterocycles. The van der Waals surface area contributed by atoms with E-state index in [0.29, 0.717) is 31.3 Å². The number of carbonyl (C=O) groups is 1. The van der Waals surface area contributed by atoms with Crippen LogP contribution in [0.25, 0.3) is 0 Å². The van der Waals surface area contributed by atoms with Crippen LogP contribution in [0.4, 0.5) is 0 Å². The lowest BCUT2D eigenvalue weighted by molar-refractivity contribution is -0.117. The monoisotopic (exact) mass is 274 g/mol. The van der Waals surface area contributed by atoms with Gasteiger partial charge in [-0.1, -0.05) is 6.92 Å². The summed E-state index contributed by atoms with van der Waals surface area (Å²) in [6.45, 7) is 1.86. The number of aliphatic hydroxyl groups is 1. The lowest BCUT2D eigenvalue weighted by atomic mass is 9.63. The van der Waals surface area contributed by atoms with Gasteiger partial charge in [0.15, 0.2) is 5.78 Å². The molecule has 18 heavy (non-hydrogen) atoms. The smallest absolute Gasteiger partial charge is 0.264 e. The molecule has 102 valence electrons. The van der Waals surface area contributed by atoms with Crippen molar-refractivity contribution >= 4 is 15.9 Å². The summed E-state index contributed by atoms with van der Waals surface area (Å²) in [6.07, 6.45) is 3.13. The number of hydrogen-bond acceptors (Lipinski definition) is 5. The highest BCUT2D eigenvalue weighted by Gasteiger charge is 2.47. The van der Waals surface area contributed by atoms with Crippen molar-refractivity contribution in [3.63, 3.8) is 0 Å². The molecule has 1 fully saturated rings. The van der Waals surface area contributed by atoms with E-state index in [1.807, 2.05) is 6.92 Å². The first-order valence-electron chi connectivity index (χ1n) is 6.03. The molecule has 0 aromatic rings. The first kappa shape index (κ1) is 13.7. The summed E-state index contributed by atoms with van der Waals surface area (Å²) >= 11 is 0. The van der Waals surface area contributed by atoms with Gasteiger partial charge < -0.3 is 5.11 Å². The Labute approximate surface area is 107 Å². The van der Waals surface area contributed by atoms with Crippen molar-refractivity contribution < 1.29 is 22.5 Å². The molecule has 0 heterocycles. The number of ketones is 1. The largest absolute Gasteiger partial charge is 0.389 e. The summed E-state index contributed by atoms with van der Waals surface area (Å²) in [6, 6.07) is 0. The van der Waals surface area contributed by atoms with Crippen LogP contribution in [-0.2, 0) is 19.1 Å². The Balaban J connectivity index is 2.36. The van der Waals surface area contributed by atoms with Gasteiger partial charge in [-0.15, -0.1) is 0 Å². The number of fused-ring (bicyclic) bond motifs is 1. The molecule has 1 N–H and O–H groups in total. The molecule has 0 spiro atoms. The molecule has 0 saturated heterocycles. The van der Waals surface area contributed by atoms with E-state index in [-0.39, 0.29) is 5.78 Å². The number of aliphatic hydroxyl groups excluding tert-OH is 1. The minimum atomic E-state index is -3.54. The van der Waals surface area contributed by atoms with Gasteiger partial charge in [-0.2, -0.15) is 8.42 Å². The summed E-state index contributed by atoms with van der Waals surface area (Å²) in [5, 5.41) is 9.98. The van der Waals surface area contributed by atoms with Crippen molar-refractivity contribution in [1.29, 1.82) is 0 Å². The number of rotatable bonds is 2. The first-order valence-corrected chi connectivity index (χ1v) is 7.85. The Morgan fingerprint density at radius 1 is 1.44 bits per heavy atom. The van der Waals surface area contributed by atoms with E-state index in [4.69, 9.17) is 4.18 Å². The molecule has 0 radical (unpaired) electrons. The van der Waals surface area contributed by atoms with Gasteiger partial charge in [0.2, 0.25) is 0 Å². The van der Waals surface area contributed by atoms with Gasteiger partial charge in [0, 0.05) is 11.8 Å². The van der Waals surface area contributed by atoms with Crippen LogP contribution in [0.15, 0.2) is 11.6 Å². The molecule has 5 nitrogen and oxygen atoms in total. The number of carbonyl (C=O) groups excluding carboxylic acids is 1. The van der Waals surface area contributed by atoms with Gasteiger partial charge in [0.05, 0.1) is 18.5 Å². The minimum Gasteiger partial charge on any atom is -0.389 e. The highest BCUT2D eigenvalue weighted by molar-refractivity contribution is 7.86. The molecular formula is C12H18O5S. The van der Waals surface area contributed by atoms with E-state index in [2.05, 4.69) is 0 Å². The Morgan fingerprint density at radius 2 is 2.11 bits per heavy atom. The maximum absolute atomic E-state index is 11.5. The van der Waals surface area contributed by atoms with Gasteiger partial charge in [-0.05, 0) is 30.9 Å². The van der Waals surface area contributed by atoms with Crippen LogP contribution in [0.2, 0.25) is 0 Å². The van der Waals surface area contributed by atoms with Crippen molar-refractivity contribution in [2.24, 2.45) is 5.41 Å². The first-order chi connectivity index (χ1) is 8.22. The van der Waals surface area contributed by atoms with E-state index in [9.17, 15) is 18.3 Å². The molecular weight excluding hydrogens is 256 g/mol. The fraction of sp³-hybridized carbons (Fsp3) is 0.750. The third-order valence-electron chi connectivity index (χ3n) is 3.93. The second-order valence-corrected chi connectivity index (χ2v) is 6.97. The maximum atomic E-state index is 11.5. The second kappa shape index (κ2) is 4.43. The van der Waals surface area contributed by atoms with Crippen LogP contribution < -0.4 is 0 Å². The molecule has 1 saturated carbocycles. The van der Waals surface area contributed by atoms with Crippen LogP contribution in [0, 0.1) is 5.41 Å². The second-order valence-electron chi connectivity index (χ2n) is 5.37. The van der Waals surface area contributed by atoms with Crippen molar-refractivity contribution in [3.8, 4) is 0 Å². The predicted molar refractivity (Wildman–Crippen MR) is 65.4 cm³/mol. The van der Waals surface area contributed by atoms with Crippen LogP contribution in [0.5, 0.6) is 0 Å². The fourth-order valence-electron chi connectivity index (χ4n) is 2.91. The molecule has 2 aliphatic rings. The minimum absolute atomic E-state index is 0.0125. The van der Waals surface area contributed by atoms with Gasteiger partial charge >= 0.3 is 0 Å². The molecule has 6 heteroatoms. The normalized spacial score (nSPS) is 37.1. The molecule has 0 aromatic carbocycles. The van der Waals surface area contributed by atoms with E-state index < -0.39 is 27.7 Å². The zero-order valence-electron chi connectivity index (χ0n) is 10.5. The number of allylic oxidation sites excluding steroid dienone is 1. The predicted octanol–water partition coefficient (Wildman–Crippen LogP) is 0.782. The van der Waals surface area contributed by atoms with Crippen LogP contribution >= 0.6 is 0 Å². The average molecular weight is 274 g/mol. The third kappa shape index (κ3) is 2.50. The summed E-state index contributed by atoms with van der Waals surface area (Å²) in [5.74, 6) is -0.0125. The molecule has 0 aromatic heterocycles. The van der Waals surface area contributed by atoms with E-state index in [1.165, 1.54) is 6.08 Å². The lowest BCUT2D eigenvalue weighted by Gasteiger charge is -2.46. The molecule has 0 unspecified atom stereocenters. The summed E-state index contributed by atoms with van der Waals surface area (Å²) < 4.78 is 27.7. The standard InChI is InChI=1S/C12H18O5S/c1-12-6-5-8(13)7-9(12)10(14)3-4-11(12)17-18(2,15)16/h7,10-11,14H,3-6H2,1-2H3/t10-,11-,12-/m1/s1. The van der Waals surface area contributed by atoms with Gasteiger partial charge in [0.1, 0.15) is 0 Å². The van der Waals surface area contributed by atoms with Crippen LogP contribution in [0.3, 0.4) is 0 Å². The average Bonchev–Trinajstić information content (AvgIpc) is 2.24. The van der Waals surface area contributed by atoms with Crippen molar-refractivity contribution in [2.45, 2.75) is 44.8 Å². The van der Waals surface area contributed by atoms with Gasteiger partial charge in [-0.25, -0.2) is 0 Å². The van der Waals surface area contributed by atoms with Crippen molar-refractivity contribution in [1.82, 2.24) is 0 Å². The Bertz CT molecular complexity index is 493. The molecule has 2 aliphatic carbocycles. The topological polar surface area (TPSA) is 80.7 Å².